The molecule has 1 aliphatic heterocycles. The third-order valence-corrected chi connectivity index (χ3v) is 5.32. The van der Waals surface area contributed by atoms with Gasteiger partial charge in [-0.3, -0.25) is 14.4 Å². The molecule has 1 atom stereocenters. The highest BCUT2D eigenvalue weighted by atomic mass is 16.5. The molecule has 160 valence electrons. The summed E-state index contributed by atoms with van der Waals surface area (Å²) < 4.78 is 12.8. The number of esters is 1. The van der Waals surface area contributed by atoms with E-state index in [1.165, 1.54) is 0 Å². The Labute approximate surface area is 176 Å². The van der Waals surface area contributed by atoms with E-state index >= 15 is 0 Å². The third-order valence-electron chi connectivity index (χ3n) is 5.32. The maximum atomic E-state index is 12.6. The zero-order valence-electron chi connectivity index (χ0n) is 17.7. The molecule has 0 radical (unpaired) electrons. The van der Waals surface area contributed by atoms with Crippen LogP contribution in [0.3, 0.4) is 0 Å². The van der Waals surface area contributed by atoms with Crippen molar-refractivity contribution in [3.05, 3.63) is 58.4 Å². The summed E-state index contributed by atoms with van der Waals surface area (Å²) in [5.74, 6) is -1.28. The van der Waals surface area contributed by atoms with Gasteiger partial charge >= 0.3 is 5.97 Å². The average molecular weight is 412 g/mol. The molecule has 7 heteroatoms. The molecule has 1 aliphatic rings. The minimum Gasteiger partial charge on any atom is -0.456 e. The molecule has 0 saturated carbocycles. The normalized spacial score (nSPS) is 15.8. The fourth-order valence-electron chi connectivity index (χ4n) is 3.67. The minimum atomic E-state index is -0.655. The number of carbonyl (C=O) groups excluding carboxylic acids is 3. The van der Waals surface area contributed by atoms with E-state index in [9.17, 15) is 14.4 Å². The van der Waals surface area contributed by atoms with Gasteiger partial charge in [0.25, 0.3) is 5.91 Å². The number of hydrogen-bond donors (Lipinski definition) is 1. The van der Waals surface area contributed by atoms with E-state index in [0.717, 1.165) is 42.9 Å². The van der Waals surface area contributed by atoms with Crippen LogP contribution in [-0.2, 0) is 20.8 Å². The summed E-state index contributed by atoms with van der Waals surface area (Å²) in [6.07, 6.45) is 2.26. The molecule has 0 bridgehead atoms. The van der Waals surface area contributed by atoms with E-state index in [4.69, 9.17) is 9.47 Å². The number of Topliss-reactive ketones (excluding diaryl/α,β-unsaturated/α-hetero) is 1. The van der Waals surface area contributed by atoms with E-state index in [0.29, 0.717) is 11.1 Å². The maximum Gasteiger partial charge on any atom is 0.325 e. The predicted octanol–water partition coefficient (Wildman–Crippen LogP) is 2.75. The van der Waals surface area contributed by atoms with Crippen molar-refractivity contribution >= 4 is 17.7 Å². The van der Waals surface area contributed by atoms with Crippen LogP contribution < -0.4 is 5.32 Å². The van der Waals surface area contributed by atoms with E-state index < -0.39 is 5.97 Å². The Balaban J connectivity index is 1.50. The van der Waals surface area contributed by atoms with Crippen molar-refractivity contribution in [1.29, 1.82) is 0 Å². The lowest BCUT2D eigenvalue weighted by atomic mass is 10.1. The Kier molecular flexibility index (Phi) is 7.05. The molecule has 1 fully saturated rings. The van der Waals surface area contributed by atoms with Crippen LogP contribution in [0.2, 0.25) is 0 Å². The summed E-state index contributed by atoms with van der Waals surface area (Å²) in [6.45, 7) is 6.57. The van der Waals surface area contributed by atoms with Crippen LogP contribution >= 0.6 is 0 Å². The van der Waals surface area contributed by atoms with Gasteiger partial charge in [0.05, 0.1) is 6.10 Å². The van der Waals surface area contributed by atoms with Gasteiger partial charge in [0, 0.05) is 35.7 Å². The van der Waals surface area contributed by atoms with Crippen LogP contribution in [0.5, 0.6) is 0 Å². The van der Waals surface area contributed by atoms with Crippen molar-refractivity contribution in [3.63, 3.8) is 0 Å². The monoisotopic (exact) mass is 412 g/mol. The first-order chi connectivity index (χ1) is 14.3. The Bertz CT molecular complexity index is 941. The first-order valence-electron chi connectivity index (χ1n) is 10.2. The Morgan fingerprint density at radius 2 is 2.00 bits per heavy atom. The Morgan fingerprint density at radius 1 is 1.20 bits per heavy atom. The van der Waals surface area contributed by atoms with Gasteiger partial charge in [0.15, 0.2) is 6.61 Å². The number of carbonyl (C=O) groups is 3. The number of aryl methyl sites for hydroxylation is 2. The zero-order valence-corrected chi connectivity index (χ0v) is 17.7. The second-order valence-corrected chi connectivity index (χ2v) is 7.67. The Morgan fingerprint density at radius 3 is 2.70 bits per heavy atom. The molecule has 0 spiro atoms. The molecular weight excluding hydrogens is 384 g/mol. The highest BCUT2D eigenvalue weighted by molar-refractivity contribution is 6.00. The van der Waals surface area contributed by atoms with Crippen LogP contribution in [0.1, 0.15) is 50.5 Å². The summed E-state index contributed by atoms with van der Waals surface area (Å²) >= 11 is 0. The fourth-order valence-corrected chi connectivity index (χ4v) is 3.67. The molecule has 30 heavy (non-hydrogen) atoms. The lowest BCUT2D eigenvalue weighted by Gasteiger charge is -2.14. The average Bonchev–Trinajstić information content (AvgIpc) is 3.34. The van der Waals surface area contributed by atoms with E-state index in [2.05, 4.69) is 9.88 Å². The summed E-state index contributed by atoms with van der Waals surface area (Å²) in [4.78, 5) is 36.6. The van der Waals surface area contributed by atoms with Gasteiger partial charge in [0.2, 0.25) is 5.78 Å². The van der Waals surface area contributed by atoms with Crippen molar-refractivity contribution in [2.75, 3.05) is 19.8 Å². The number of ketones is 1. The van der Waals surface area contributed by atoms with Gasteiger partial charge in [-0.25, -0.2) is 0 Å². The number of nitrogens with zero attached hydrogens (tertiary/aromatic N) is 1. The van der Waals surface area contributed by atoms with Crippen molar-refractivity contribution in [2.45, 2.75) is 46.3 Å². The highest BCUT2D eigenvalue weighted by Crippen LogP contribution is 2.20. The SMILES string of the molecule is Cc1cccc(C(=O)NCC(=O)OCC(=O)c2cc(C)n(C[C@H]3CCCO3)c2C)c1. The minimum absolute atomic E-state index is 0.174. The van der Waals surface area contributed by atoms with Gasteiger partial charge in [-0.05, 0) is 51.8 Å². The van der Waals surface area contributed by atoms with Gasteiger partial charge in [-0.2, -0.15) is 0 Å². The van der Waals surface area contributed by atoms with E-state index in [-0.39, 0.29) is 30.9 Å². The van der Waals surface area contributed by atoms with Gasteiger partial charge in [-0.15, -0.1) is 0 Å². The lowest BCUT2D eigenvalue weighted by molar-refractivity contribution is -0.141. The first-order valence-corrected chi connectivity index (χ1v) is 10.2. The molecule has 1 amide bonds. The van der Waals surface area contributed by atoms with Crippen LogP contribution in [0.15, 0.2) is 30.3 Å². The summed E-state index contributed by atoms with van der Waals surface area (Å²) in [5.41, 5.74) is 3.78. The largest absolute Gasteiger partial charge is 0.456 e. The van der Waals surface area contributed by atoms with Crippen LogP contribution in [-0.4, -0.2) is 48.1 Å². The van der Waals surface area contributed by atoms with Crippen molar-refractivity contribution in [1.82, 2.24) is 9.88 Å². The third kappa shape index (κ3) is 5.36. The molecule has 0 unspecified atom stereocenters. The second kappa shape index (κ2) is 9.71. The molecule has 1 N–H and O–H groups in total. The smallest absolute Gasteiger partial charge is 0.325 e. The van der Waals surface area contributed by atoms with Crippen molar-refractivity contribution in [2.24, 2.45) is 0 Å². The molecule has 0 aliphatic carbocycles. The number of ether oxygens (including phenoxy) is 2. The molecule has 7 nitrogen and oxygen atoms in total. The highest BCUT2D eigenvalue weighted by Gasteiger charge is 2.21. The number of amides is 1. The maximum absolute atomic E-state index is 12.6. The number of benzene rings is 1. The molecular formula is C23H28N2O5. The number of hydrogen-bond acceptors (Lipinski definition) is 5. The molecule has 3 rings (SSSR count). The fraction of sp³-hybridized carbons (Fsp3) is 0.435. The Hall–Kier alpha value is -2.93. The molecule has 2 aromatic rings. The quantitative estimate of drug-likeness (QED) is 0.532. The standard InChI is InChI=1S/C23H28N2O5/c1-15-6-4-7-18(10-15)23(28)24-12-22(27)30-14-21(26)20-11-16(2)25(17(20)3)13-19-8-5-9-29-19/h4,6-7,10-11,19H,5,8-9,12-14H2,1-3H3,(H,24,28)/t19-/m1/s1. The van der Waals surface area contributed by atoms with Crippen molar-refractivity contribution < 1.29 is 23.9 Å². The van der Waals surface area contributed by atoms with Crippen molar-refractivity contribution in [3.8, 4) is 0 Å². The second-order valence-electron chi connectivity index (χ2n) is 7.67. The topological polar surface area (TPSA) is 86.6 Å². The van der Waals surface area contributed by atoms with Gasteiger partial charge in [0.1, 0.15) is 6.54 Å². The first kappa shape index (κ1) is 21.8. The molecule has 1 aromatic carbocycles. The zero-order chi connectivity index (χ0) is 21.7. The van der Waals surface area contributed by atoms with E-state index in [1.54, 1.807) is 18.2 Å². The molecule has 1 saturated heterocycles. The van der Waals surface area contributed by atoms with Gasteiger partial charge < -0.3 is 19.4 Å². The number of rotatable bonds is 8. The van der Waals surface area contributed by atoms with Gasteiger partial charge in [-0.1, -0.05) is 17.7 Å². The number of nitrogens with one attached hydrogen (secondary N) is 1. The molecule has 1 aromatic heterocycles. The van der Waals surface area contributed by atoms with Crippen LogP contribution in [0, 0.1) is 20.8 Å². The summed E-state index contributed by atoms with van der Waals surface area (Å²) in [6, 6.07) is 8.88. The predicted molar refractivity (Wildman–Crippen MR) is 112 cm³/mol. The lowest BCUT2D eigenvalue weighted by Crippen LogP contribution is -2.31. The summed E-state index contributed by atoms with van der Waals surface area (Å²) in [7, 11) is 0. The van der Waals surface area contributed by atoms with E-state index in [1.807, 2.05) is 32.9 Å². The van der Waals surface area contributed by atoms with Crippen LogP contribution in [0.25, 0.3) is 0 Å². The summed E-state index contributed by atoms with van der Waals surface area (Å²) in [5, 5.41) is 2.51. The van der Waals surface area contributed by atoms with Crippen LogP contribution in [0.4, 0.5) is 0 Å². The number of aromatic nitrogens is 1. The molecule has 2 heterocycles.